The Morgan fingerprint density at radius 3 is 2.44 bits per heavy atom. The number of morpholine rings is 1. The predicted octanol–water partition coefficient (Wildman–Crippen LogP) is 0.971. The van der Waals surface area contributed by atoms with Gasteiger partial charge in [-0.05, 0) is 38.1 Å². The maximum atomic E-state index is 12.4. The summed E-state index contributed by atoms with van der Waals surface area (Å²) >= 11 is 0. The Labute approximate surface area is 147 Å². The number of nitrogens with one attached hydrogen (secondary N) is 2. The number of benzene rings is 1. The second kappa shape index (κ2) is 8.60. The van der Waals surface area contributed by atoms with Crippen molar-refractivity contribution in [2.24, 2.45) is 5.41 Å². The summed E-state index contributed by atoms with van der Waals surface area (Å²) in [6, 6.07) is 8.53. The molecular weight excluding hydrogens is 320 g/mol. The van der Waals surface area contributed by atoms with E-state index in [4.69, 9.17) is 10.00 Å². The molecule has 2 rings (SSSR count). The number of carbonyl (C=O) groups is 2. The van der Waals surface area contributed by atoms with Crippen molar-refractivity contribution in [3.63, 3.8) is 0 Å². The summed E-state index contributed by atoms with van der Waals surface area (Å²) in [4.78, 5) is 27.0. The van der Waals surface area contributed by atoms with Gasteiger partial charge in [-0.3, -0.25) is 14.5 Å². The number of rotatable bonds is 6. The van der Waals surface area contributed by atoms with Crippen molar-refractivity contribution in [1.29, 1.82) is 5.26 Å². The first-order valence-electron chi connectivity index (χ1n) is 8.33. The zero-order valence-corrected chi connectivity index (χ0v) is 14.7. The summed E-state index contributed by atoms with van der Waals surface area (Å²) in [6.07, 6.45) is 0. The number of nitrogens with zero attached hydrogens (tertiary/aromatic N) is 2. The van der Waals surface area contributed by atoms with Crippen LogP contribution >= 0.6 is 0 Å². The first kappa shape index (κ1) is 18.9. The van der Waals surface area contributed by atoms with Crippen LogP contribution in [0.2, 0.25) is 0 Å². The molecule has 0 aliphatic carbocycles. The molecule has 0 spiro atoms. The Morgan fingerprint density at radius 2 is 1.84 bits per heavy atom. The molecule has 1 fully saturated rings. The summed E-state index contributed by atoms with van der Waals surface area (Å²) in [6.45, 7) is 7.57. The zero-order valence-electron chi connectivity index (χ0n) is 14.7. The summed E-state index contributed by atoms with van der Waals surface area (Å²) in [7, 11) is 0. The maximum Gasteiger partial charge on any atom is 0.239 e. The molecule has 134 valence electrons. The van der Waals surface area contributed by atoms with Crippen molar-refractivity contribution >= 4 is 17.5 Å². The number of ether oxygens (including phenoxy) is 1. The largest absolute Gasteiger partial charge is 0.379 e. The Hall–Kier alpha value is -2.43. The molecule has 1 aromatic carbocycles. The molecule has 2 amide bonds. The lowest BCUT2D eigenvalue weighted by molar-refractivity contribution is -0.138. The molecule has 0 aromatic heterocycles. The van der Waals surface area contributed by atoms with Crippen LogP contribution in [-0.2, 0) is 14.3 Å². The van der Waals surface area contributed by atoms with Crippen molar-refractivity contribution in [2.45, 2.75) is 13.8 Å². The maximum absolute atomic E-state index is 12.4. The highest BCUT2D eigenvalue weighted by Crippen LogP contribution is 2.19. The van der Waals surface area contributed by atoms with Crippen LogP contribution in [0.3, 0.4) is 0 Å². The molecule has 0 atom stereocenters. The number of amides is 2. The van der Waals surface area contributed by atoms with Gasteiger partial charge in [0, 0.05) is 31.9 Å². The Balaban J connectivity index is 1.83. The third-order valence-electron chi connectivity index (χ3n) is 4.22. The molecule has 25 heavy (non-hydrogen) atoms. The van der Waals surface area contributed by atoms with Gasteiger partial charge in [-0.15, -0.1) is 0 Å². The van der Waals surface area contributed by atoms with Gasteiger partial charge in [0.1, 0.15) is 5.41 Å². The average Bonchev–Trinajstić information content (AvgIpc) is 2.63. The fourth-order valence-electron chi connectivity index (χ4n) is 2.39. The lowest BCUT2D eigenvalue weighted by Gasteiger charge is -2.27. The van der Waals surface area contributed by atoms with Gasteiger partial charge in [0.15, 0.2) is 0 Å². The Kier molecular flexibility index (Phi) is 6.51. The van der Waals surface area contributed by atoms with Gasteiger partial charge in [0.05, 0.1) is 24.8 Å². The SMILES string of the molecule is CC(C)(C(=O)NCCN1CCOCC1)C(=O)Nc1ccc(C#N)cc1. The quantitative estimate of drug-likeness (QED) is 0.750. The van der Waals surface area contributed by atoms with Crippen LogP contribution in [0.1, 0.15) is 19.4 Å². The van der Waals surface area contributed by atoms with Crippen LogP contribution < -0.4 is 10.6 Å². The van der Waals surface area contributed by atoms with Crippen LogP contribution in [0.4, 0.5) is 5.69 Å². The molecule has 7 nitrogen and oxygen atoms in total. The van der Waals surface area contributed by atoms with E-state index in [1.807, 2.05) is 6.07 Å². The highest BCUT2D eigenvalue weighted by molar-refractivity contribution is 6.09. The van der Waals surface area contributed by atoms with Crippen molar-refractivity contribution in [3.8, 4) is 6.07 Å². The van der Waals surface area contributed by atoms with E-state index >= 15 is 0 Å². The first-order chi connectivity index (χ1) is 11.9. The number of hydrogen-bond acceptors (Lipinski definition) is 5. The summed E-state index contributed by atoms with van der Waals surface area (Å²) in [5, 5.41) is 14.3. The molecule has 1 aliphatic rings. The van der Waals surface area contributed by atoms with Gasteiger partial charge in [0.25, 0.3) is 0 Å². The molecule has 2 N–H and O–H groups in total. The fraction of sp³-hybridized carbons (Fsp3) is 0.500. The lowest BCUT2D eigenvalue weighted by atomic mass is 9.91. The van der Waals surface area contributed by atoms with E-state index in [0.29, 0.717) is 31.0 Å². The molecule has 1 saturated heterocycles. The molecular formula is C18H24N4O3. The second-order valence-corrected chi connectivity index (χ2v) is 6.48. The van der Waals surface area contributed by atoms with Gasteiger partial charge in [-0.25, -0.2) is 0 Å². The topological polar surface area (TPSA) is 94.5 Å². The molecule has 0 unspecified atom stereocenters. The summed E-state index contributed by atoms with van der Waals surface area (Å²) in [5.41, 5.74) is -0.130. The van der Waals surface area contributed by atoms with E-state index < -0.39 is 5.41 Å². The molecule has 0 saturated carbocycles. The summed E-state index contributed by atoms with van der Waals surface area (Å²) < 4.78 is 5.28. The Bertz CT molecular complexity index is 643. The van der Waals surface area contributed by atoms with E-state index in [-0.39, 0.29) is 11.8 Å². The minimum absolute atomic E-state index is 0.313. The fourth-order valence-corrected chi connectivity index (χ4v) is 2.39. The van der Waals surface area contributed by atoms with Crippen LogP contribution in [0.5, 0.6) is 0 Å². The van der Waals surface area contributed by atoms with E-state index in [1.165, 1.54) is 0 Å². The second-order valence-electron chi connectivity index (χ2n) is 6.48. The molecule has 0 bridgehead atoms. The van der Waals surface area contributed by atoms with Crippen LogP contribution in [0.25, 0.3) is 0 Å². The van der Waals surface area contributed by atoms with Gasteiger partial charge in [0.2, 0.25) is 11.8 Å². The smallest absolute Gasteiger partial charge is 0.239 e. The normalized spacial score (nSPS) is 15.2. The van der Waals surface area contributed by atoms with Gasteiger partial charge in [-0.2, -0.15) is 5.26 Å². The minimum Gasteiger partial charge on any atom is -0.379 e. The average molecular weight is 344 g/mol. The highest BCUT2D eigenvalue weighted by Gasteiger charge is 2.35. The van der Waals surface area contributed by atoms with Crippen molar-refractivity contribution in [1.82, 2.24) is 10.2 Å². The minimum atomic E-state index is -1.20. The number of hydrogen-bond donors (Lipinski definition) is 2. The van der Waals surface area contributed by atoms with E-state index in [9.17, 15) is 9.59 Å². The van der Waals surface area contributed by atoms with E-state index in [1.54, 1.807) is 38.1 Å². The van der Waals surface area contributed by atoms with Gasteiger partial charge < -0.3 is 15.4 Å². The third-order valence-corrected chi connectivity index (χ3v) is 4.22. The lowest BCUT2D eigenvalue weighted by Crippen LogP contribution is -2.48. The van der Waals surface area contributed by atoms with Crippen molar-refractivity contribution < 1.29 is 14.3 Å². The van der Waals surface area contributed by atoms with E-state index in [2.05, 4.69) is 15.5 Å². The predicted molar refractivity (Wildman–Crippen MR) is 93.8 cm³/mol. The molecule has 7 heteroatoms. The Morgan fingerprint density at radius 1 is 1.20 bits per heavy atom. The third kappa shape index (κ3) is 5.28. The summed E-state index contributed by atoms with van der Waals surface area (Å²) in [5.74, 6) is -0.701. The van der Waals surface area contributed by atoms with Crippen molar-refractivity contribution in [2.75, 3.05) is 44.7 Å². The highest BCUT2D eigenvalue weighted by atomic mass is 16.5. The van der Waals surface area contributed by atoms with Crippen LogP contribution in [-0.4, -0.2) is 56.1 Å². The van der Waals surface area contributed by atoms with E-state index in [0.717, 1.165) is 19.6 Å². The standard InChI is InChI=1S/C18H24N4O3/c1-18(2,16(23)20-7-8-22-9-11-25-12-10-22)17(24)21-15-5-3-14(13-19)4-6-15/h3-6H,7-12H2,1-2H3,(H,20,23)(H,21,24). The number of anilines is 1. The monoisotopic (exact) mass is 344 g/mol. The number of nitriles is 1. The molecule has 0 radical (unpaired) electrons. The molecule has 1 heterocycles. The van der Waals surface area contributed by atoms with Gasteiger partial charge in [-0.1, -0.05) is 0 Å². The molecule has 1 aliphatic heterocycles. The number of carbonyl (C=O) groups excluding carboxylic acids is 2. The van der Waals surface area contributed by atoms with Crippen molar-refractivity contribution in [3.05, 3.63) is 29.8 Å². The van der Waals surface area contributed by atoms with Crippen LogP contribution in [0.15, 0.2) is 24.3 Å². The van der Waals surface area contributed by atoms with Crippen LogP contribution in [0, 0.1) is 16.7 Å². The van der Waals surface area contributed by atoms with Gasteiger partial charge >= 0.3 is 0 Å². The molecule has 1 aromatic rings. The zero-order chi connectivity index (χ0) is 18.3. The first-order valence-corrected chi connectivity index (χ1v) is 8.33.